The summed E-state index contributed by atoms with van der Waals surface area (Å²) < 4.78 is 0. The number of hydrogen-bond acceptors (Lipinski definition) is 3. The Labute approximate surface area is 84.7 Å². The first kappa shape index (κ1) is 9.62. The average molecular weight is 191 g/mol. The third kappa shape index (κ3) is 2.11. The zero-order valence-corrected chi connectivity index (χ0v) is 8.32. The van der Waals surface area contributed by atoms with Gasteiger partial charge in [-0.2, -0.15) is 0 Å². The first-order valence-corrected chi connectivity index (χ1v) is 5.22. The van der Waals surface area contributed by atoms with Crippen molar-refractivity contribution in [2.24, 2.45) is 11.7 Å². The molecule has 1 aromatic heterocycles. The second-order valence-corrected chi connectivity index (χ2v) is 3.91. The molecule has 0 radical (unpaired) electrons. The summed E-state index contributed by atoms with van der Waals surface area (Å²) in [6.45, 7) is 1.89. The van der Waals surface area contributed by atoms with E-state index in [4.69, 9.17) is 5.73 Å². The molecule has 0 aliphatic carbocycles. The lowest BCUT2D eigenvalue weighted by Gasteiger charge is -2.17. The molecule has 0 spiro atoms. The van der Waals surface area contributed by atoms with E-state index in [2.05, 4.69) is 16.4 Å². The summed E-state index contributed by atoms with van der Waals surface area (Å²) in [6.07, 6.45) is 6.01. The zero-order valence-electron chi connectivity index (χ0n) is 8.32. The molecule has 1 aliphatic rings. The Morgan fingerprint density at radius 3 is 3.21 bits per heavy atom. The van der Waals surface area contributed by atoms with Gasteiger partial charge in [-0.15, -0.1) is 0 Å². The molecule has 2 unspecified atom stereocenters. The highest BCUT2D eigenvalue weighted by atomic mass is 15.0. The van der Waals surface area contributed by atoms with Gasteiger partial charge >= 0.3 is 0 Å². The van der Waals surface area contributed by atoms with Crippen LogP contribution < -0.4 is 11.1 Å². The SMILES string of the molecule is NCC1CCNC1Cc1cccnc1. The molecule has 2 atom stereocenters. The molecule has 1 fully saturated rings. The minimum Gasteiger partial charge on any atom is -0.330 e. The third-order valence-electron chi connectivity index (χ3n) is 2.97. The lowest BCUT2D eigenvalue weighted by atomic mass is 9.95. The molecule has 1 saturated heterocycles. The average Bonchev–Trinajstić information content (AvgIpc) is 2.67. The van der Waals surface area contributed by atoms with Crippen molar-refractivity contribution in [2.45, 2.75) is 18.9 Å². The van der Waals surface area contributed by atoms with Crippen LogP contribution in [-0.4, -0.2) is 24.1 Å². The van der Waals surface area contributed by atoms with Gasteiger partial charge in [0, 0.05) is 18.4 Å². The molecular weight excluding hydrogens is 174 g/mol. The van der Waals surface area contributed by atoms with Gasteiger partial charge in [-0.3, -0.25) is 4.98 Å². The molecule has 1 aliphatic heterocycles. The number of rotatable bonds is 3. The third-order valence-corrected chi connectivity index (χ3v) is 2.97. The Morgan fingerprint density at radius 2 is 2.50 bits per heavy atom. The predicted molar refractivity (Wildman–Crippen MR) is 56.9 cm³/mol. The van der Waals surface area contributed by atoms with Crippen LogP contribution in [0.2, 0.25) is 0 Å². The molecule has 0 aromatic carbocycles. The van der Waals surface area contributed by atoms with Crippen LogP contribution in [0.5, 0.6) is 0 Å². The van der Waals surface area contributed by atoms with Crippen LogP contribution >= 0.6 is 0 Å². The van der Waals surface area contributed by atoms with E-state index in [1.54, 1.807) is 0 Å². The van der Waals surface area contributed by atoms with Gasteiger partial charge < -0.3 is 11.1 Å². The van der Waals surface area contributed by atoms with Gasteiger partial charge in [0.1, 0.15) is 0 Å². The fourth-order valence-electron chi connectivity index (χ4n) is 2.12. The number of nitrogens with one attached hydrogen (secondary N) is 1. The van der Waals surface area contributed by atoms with Gasteiger partial charge in [0.25, 0.3) is 0 Å². The summed E-state index contributed by atoms with van der Waals surface area (Å²) in [6, 6.07) is 4.66. The summed E-state index contributed by atoms with van der Waals surface area (Å²) >= 11 is 0. The number of nitrogens with zero attached hydrogens (tertiary/aromatic N) is 1. The van der Waals surface area contributed by atoms with Crippen molar-refractivity contribution in [1.29, 1.82) is 0 Å². The second-order valence-electron chi connectivity index (χ2n) is 3.91. The Balaban J connectivity index is 1.97. The maximum Gasteiger partial charge on any atom is 0.0300 e. The molecule has 76 valence electrons. The molecule has 2 heterocycles. The van der Waals surface area contributed by atoms with E-state index in [9.17, 15) is 0 Å². The molecule has 2 rings (SSSR count). The summed E-state index contributed by atoms with van der Waals surface area (Å²) in [5, 5.41) is 3.50. The zero-order chi connectivity index (χ0) is 9.80. The maximum absolute atomic E-state index is 5.72. The van der Waals surface area contributed by atoms with Crippen LogP contribution in [0.4, 0.5) is 0 Å². The van der Waals surface area contributed by atoms with Crippen LogP contribution in [-0.2, 0) is 6.42 Å². The van der Waals surface area contributed by atoms with E-state index in [0.717, 1.165) is 19.5 Å². The largest absolute Gasteiger partial charge is 0.330 e. The van der Waals surface area contributed by atoms with Gasteiger partial charge in [0.2, 0.25) is 0 Å². The number of aromatic nitrogens is 1. The van der Waals surface area contributed by atoms with Crippen LogP contribution in [0.1, 0.15) is 12.0 Å². The second kappa shape index (κ2) is 4.53. The lowest BCUT2D eigenvalue weighted by Crippen LogP contribution is -2.33. The summed E-state index contributed by atoms with van der Waals surface area (Å²) in [5.74, 6) is 0.634. The standard InChI is InChI=1S/C11H17N3/c12-7-10-3-5-14-11(10)6-9-2-1-4-13-8-9/h1-2,4,8,10-11,14H,3,5-7,12H2. The van der Waals surface area contributed by atoms with Crippen molar-refractivity contribution in [2.75, 3.05) is 13.1 Å². The molecule has 0 bridgehead atoms. The van der Waals surface area contributed by atoms with E-state index >= 15 is 0 Å². The highest BCUT2D eigenvalue weighted by molar-refractivity contribution is 5.11. The fraction of sp³-hybridized carbons (Fsp3) is 0.545. The highest BCUT2D eigenvalue weighted by Gasteiger charge is 2.25. The quantitative estimate of drug-likeness (QED) is 0.734. The van der Waals surface area contributed by atoms with E-state index in [1.807, 2.05) is 18.5 Å². The molecule has 3 nitrogen and oxygen atoms in total. The van der Waals surface area contributed by atoms with E-state index in [-0.39, 0.29) is 0 Å². The molecule has 3 N–H and O–H groups in total. The summed E-state index contributed by atoms with van der Waals surface area (Å²) in [7, 11) is 0. The summed E-state index contributed by atoms with van der Waals surface area (Å²) in [4.78, 5) is 4.12. The Hall–Kier alpha value is -0.930. The van der Waals surface area contributed by atoms with Crippen LogP contribution in [0.15, 0.2) is 24.5 Å². The number of pyridine rings is 1. The van der Waals surface area contributed by atoms with Crippen molar-refractivity contribution >= 4 is 0 Å². The van der Waals surface area contributed by atoms with E-state index in [0.29, 0.717) is 12.0 Å². The summed E-state index contributed by atoms with van der Waals surface area (Å²) in [5.41, 5.74) is 7.02. The molecule has 14 heavy (non-hydrogen) atoms. The minimum absolute atomic E-state index is 0.546. The van der Waals surface area contributed by atoms with Crippen molar-refractivity contribution < 1.29 is 0 Å². The van der Waals surface area contributed by atoms with Crippen LogP contribution in [0.25, 0.3) is 0 Å². The van der Waals surface area contributed by atoms with Crippen LogP contribution in [0, 0.1) is 5.92 Å². The first-order chi connectivity index (χ1) is 6.90. The number of hydrogen-bond donors (Lipinski definition) is 2. The van der Waals surface area contributed by atoms with Crippen molar-refractivity contribution in [3.63, 3.8) is 0 Å². The topological polar surface area (TPSA) is 50.9 Å². The lowest BCUT2D eigenvalue weighted by molar-refractivity contribution is 0.453. The molecule has 0 saturated carbocycles. The molecule has 3 heteroatoms. The Kier molecular flexibility index (Phi) is 3.11. The van der Waals surface area contributed by atoms with E-state index in [1.165, 1.54) is 12.0 Å². The van der Waals surface area contributed by atoms with Gasteiger partial charge in [0.15, 0.2) is 0 Å². The smallest absolute Gasteiger partial charge is 0.0300 e. The van der Waals surface area contributed by atoms with Gasteiger partial charge in [0.05, 0.1) is 0 Å². The van der Waals surface area contributed by atoms with Crippen molar-refractivity contribution in [3.05, 3.63) is 30.1 Å². The van der Waals surface area contributed by atoms with E-state index < -0.39 is 0 Å². The number of nitrogens with two attached hydrogens (primary N) is 1. The maximum atomic E-state index is 5.72. The minimum atomic E-state index is 0.546. The molecular formula is C11H17N3. The fourth-order valence-corrected chi connectivity index (χ4v) is 2.12. The monoisotopic (exact) mass is 191 g/mol. The van der Waals surface area contributed by atoms with Gasteiger partial charge in [-0.25, -0.2) is 0 Å². The van der Waals surface area contributed by atoms with Crippen molar-refractivity contribution in [3.8, 4) is 0 Å². The first-order valence-electron chi connectivity index (χ1n) is 5.22. The molecule has 0 amide bonds. The van der Waals surface area contributed by atoms with Gasteiger partial charge in [-0.05, 0) is 43.5 Å². The Morgan fingerprint density at radius 1 is 1.57 bits per heavy atom. The van der Waals surface area contributed by atoms with Gasteiger partial charge in [-0.1, -0.05) is 6.07 Å². The van der Waals surface area contributed by atoms with Crippen LogP contribution in [0.3, 0.4) is 0 Å². The normalized spacial score (nSPS) is 26.6. The van der Waals surface area contributed by atoms with Crippen molar-refractivity contribution in [1.82, 2.24) is 10.3 Å². The predicted octanol–water partition coefficient (Wildman–Crippen LogP) is 0.561. The molecule has 1 aromatic rings. The Bertz CT molecular complexity index is 273. The highest BCUT2D eigenvalue weighted by Crippen LogP contribution is 2.17.